The quantitative estimate of drug-likeness (QED) is 0.284. The molecule has 2 N–H and O–H groups in total. The largest absolute Gasteiger partial charge is 0.354 e. The number of hydrogen-bond acceptors (Lipinski definition) is 5. The number of nitrogens with one attached hydrogen (secondary N) is 2. The molecular weight excluding hydrogens is 406 g/mol. The van der Waals surface area contributed by atoms with Crippen molar-refractivity contribution in [1.29, 1.82) is 0 Å². The van der Waals surface area contributed by atoms with Gasteiger partial charge in [0.1, 0.15) is 0 Å². The molecule has 0 aliphatic heterocycles. The van der Waals surface area contributed by atoms with Gasteiger partial charge in [0.15, 0.2) is 11.6 Å². The molecule has 0 aliphatic carbocycles. The summed E-state index contributed by atoms with van der Waals surface area (Å²) in [6.07, 6.45) is 7.12. The van der Waals surface area contributed by atoms with Gasteiger partial charge in [-0.05, 0) is 37.6 Å². The zero-order valence-electron chi connectivity index (χ0n) is 18.9. The zero-order chi connectivity index (χ0) is 22.9. The van der Waals surface area contributed by atoms with Crippen molar-refractivity contribution in [1.82, 2.24) is 15.0 Å². The highest BCUT2D eigenvalue weighted by Gasteiger charge is 2.12. The summed E-state index contributed by atoms with van der Waals surface area (Å²) in [6, 6.07) is 28.0. The van der Waals surface area contributed by atoms with Crippen LogP contribution in [0.5, 0.6) is 0 Å². The number of rotatable bonds is 8. The number of hydrogen-bond donors (Lipinski definition) is 2. The second kappa shape index (κ2) is 10.9. The van der Waals surface area contributed by atoms with E-state index in [1.54, 1.807) is 0 Å². The van der Waals surface area contributed by atoms with Gasteiger partial charge >= 0.3 is 0 Å². The normalized spacial score (nSPS) is 11.5. The first kappa shape index (κ1) is 22.0. The van der Waals surface area contributed by atoms with Gasteiger partial charge in [0, 0.05) is 16.8 Å². The number of allylic oxidation sites excluding steroid dienone is 4. The van der Waals surface area contributed by atoms with Crippen molar-refractivity contribution >= 4 is 28.6 Å². The maximum Gasteiger partial charge on any atom is 0.231 e. The summed E-state index contributed by atoms with van der Waals surface area (Å²) in [6.45, 7) is 4.10. The van der Waals surface area contributed by atoms with Crippen LogP contribution in [-0.4, -0.2) is 15.0 Å². The topological polar surface area (TPSA) is 62.7 Å². The Morgan fingerprint density at radius 1 is 0.758 bits per heavy atom. The molecule has 3 aromatic carbocycles. The zero-order valence-corrected chi connectivity index (χ0v) is 18.9. The first-order chi connectivity index (χ1) is 16.3. The average Bonchev–Trinajstić information content (AvgIpc) is 2.87. The van der Waals surface area contributed by atoms with E-state index in [2.05, 4.69) is 29.7 Å². The summed E-state index contributed by atoms with van der Waals surface area (Å²) in [5, 5.41) is 6.86. The van der Waals surface area contributed by atoms with Gasteiger partial charge < -0.3 is 10.6 Å². The Balaban J connectivity index is 1.73. The molecule has 164 valence electrons. The van der Waals surface area contributed by atoms with Crippen molar-refractivity contribution in [3.05, 3.63) is 109 Å². The highest BCUT2D eigenvalue weighted by Crippen LogP contribution is 2.28. The second-order valence-corrected chi connectivity index (χ2v) is 7.39. The molecule has 0 saturated heterocycles. The van der Waals surface area contributed by atoms with Crippen molar-refractivity contribution < 1.29 is 0 Å². The molecule has 4 rings (SSSR count). The van der Waals surface area contributed by atoms with Crippen molar-refractivity contribution in [3.8, 4) is 11.4 Å². The van der Waals surface area contributed by atoms with E-state index in [0.717, 1.165) is 34.6 Å². The smallest absolute Gasteiger partial charge is 0.231 e. The van der Waals surface area contributed by atoms with E-state index < -0.39 is 0 Å². The van der Waals surface area contributed by atoms with Crippen LogP contribution in [0.2, 0.25) is 0 Å². The lowest BCUT2D eigenvalue weighted by Gasteiger charge is -2.14. The van der Waals surface area contributed by atoms with E-state index in [0.29, 0.717) is 17.6 Å². The molecule has 0 aliphatic rings. The molecule has 0 bridgehead atoms. The number of benzene rings is 3. The SMILES string of the molecule is C/C=C(\C=C/CC)c1nc(Nc2ccccc2Nc2ccccc2)nc(-c2ccccc2)n1. The van der Waals surface area contributed by atoms with Gasteiger partial charge in [-0.15, -0.1) is 0 Å². The lowest BCUT2D eigenvalue weighted by Crippen LogP contribution is -2.06. The van der Waals surface area contributed by atoms with E-state index in [1.165, 1.54) is 0 Å². The Hall–Kier alpha value is -4.25. The summed E-state index contributed by atoms with van der Waals surface area (Å²) in [5.41, 5.74) is 4.71. The van der Waals surface area contributed by atoms with Gasteiger partial charge in [0.05, 0.1) is 11.4 Å². The van der Waals surface area contributed by atoms with Gasteiger partial charge in [-0.2, -0.15) is 9.97 Å². The molecule has 0 amide bonds. The van der Waals surface area contributed by atoms with Crippen LogP contribution < -0.4 is 10.6 Å². The lowest BCUT2D eigenvalue weighted by atomic mass is 10.2. The first-order valence-corrected chi connectivity index (χ1v) is 11.1. The highest BCUT2D eigenvalue weighted by molar-refractivity contribution is 5.78. The van der Waals surface area contributed by atoms with Gasteiger partial charge in [-0.25, -0.2) is 4.98 Å². The standard InChI is InChI=1S/C28H27N5/c1-3-5-14-21(4-2)26-31-27(22-15-8-6-9-16-22)33-28(32-26)30-25-20-13-12-19-24(25)29-23-17-10-7-11-18-23/h4-20,29H,3H2,1-2H3,(H,30,31,32,33)/b14-5-,21-4+. The molecular formula is C28H27N5. The van der Waals surface area contributed by atoms with E-state index in [1.807, 2.05) is 97.9 Å². The first-order valence-electron chi connectivity index (χ1n) is 11.1. The molecule has 5 heteroatoms. The monoisotopic (exact) mass is 433 g/mol. The molecule has 0 unspecified atom stereocenters. The number of para-hydroxylation sites is 3. The third-order valence-electron chi connectivity index (χ3n) is 5.00. The van der Waals surface area contributed by atoms with Crippen LogP contribution in [-0.2, 0) is 0 Å². The van der Waals surface area contributed by atoms with Crippen LogP contribution in [0.3, 0.4) is 0 Å². The van der Waals surface area contributed by atoms with E-state index in [9.17, 15) is 0 Å². The van der Waals surface area contributed by atoms with Crippen LogP contribution in [0.15, 0.2) is 103 Å². The molecule has 1 aromatic heterocycles. The van der Waals surface area contributed by atoms with Crippen molar-refractivity contribution in [2.75, 3.05) is 10.6 Å². The van der Waals surface area contributed by atoms with Crippen molar-refractivity contribution in [3.63, 3.8) is 0 Å². The van der Waals surface area contributed by atoms with Crippen LogP contribution in [0.25, 0.3) is 17.0 Å². The summed E-state index contributed by atoms with van der Waals surface area (Å²) < 4.78 is 0. The summed E-state index contributed by atoms with van der Waals surface area (Å²) >= 11 is 0. The Morgan fingerprint density at radius 3 is 2.06 bits per heavy atom. The predicted octanol–water partition coefficient (Wildman–Crippen LogP) is 7.40. The number of anilines is 4. The van der Waals surface area contributed by atoms with Gasteiger partial charge in [0.25, 0.3) is 0 Å². The maximum absolute atomic E-state index is 4.76. The second-order valence-electron chi connectivity index (χ2n) is 7.39. The summed E-state index contributed by atoms with van der Waals surface area (Å²) in [5.74, 6) is 1.75. The van der Waals surface area contributed by atoms with Crippen molar-refractivity contribution in [2.24, 2.45) is 0 Å². The average molecular weight is 434 g/mol. The maximum atomic E-state index is 4.76. The summed E-state index contributed by atoms with van der Waals surface area (Å²) in [4.78, 5) is 14.2. The van der Waals surface area contributed by atoms with E-state index >= 15 is 0 Å². The minimum Gasteiger partial charge on any atom is -0.354 e. The Labute approximate surface area is 195 Å². The third-order valence-corrected chi connectivity index (χ3v) is 5.00. The molecule has 1 heterocycles. The minimum absolute atomic E-state index is 0.491. The Kier molecular flexibility index (Phi) is 7.23. The van der Waals surface area contributed by atoms with Crippen LogP contribution in [0.4, 0.5) is 23.0 Å². The van der Waals surface area contributed by atoms with Gasteiger partial charge in [0.2, 0.25) is 5.95 Å². The van der Waals surface area contributed by atoms with Crippen molar-refractivity contribution in [2.45, 2.75) is 20.3 Å². The molecule has 0 fully saturated rings. The van der Waals surface area contributed by atoms with E-state index in [-0.39, 0.29) is 0 Å². The van der Waals surface area contributed by atoms with Crippen LogP contribution in [0, 0.1) is 0 Å². The van der Waals surface area contributed by atoms with Gasteiger partial charge in [-0.1, -0.05) is 85.8 Å². The lowest BCUT2D eigenvalue weighted by molar-refractivity contribution is 1.03. The molecule has 0 radical (unpaired) electrons. The minimum atomic E-state index is 0.491. The van der Waals surface area contributed by atoms with Gasteiger partial charge in [-0.3, -0.25) is 0 Å². The van der Waals surface area contributed by atoms with Crippen LogP contribution in [0.1, 0.15) is 26.1 Å². The fourth-order valence-corrected chi connectivity index (χ4v) is 3.32. The molecule has 33 heavy (non-hydrogen) atoms. The molecule has 0 spiro atoms. The Bertz CT molecular complexity index is 1250. The van der Waals surface area contributed by atoms with Crippen LogP contribution >= 0.6 is 0 Å². The molecule has 4 aromatic rings. The fourth-order valence-electron chi connectivity index (χ4n) is 3.32. The molecule has 0 atom stereocenters. The fraction of sp³-hybridized carbons (Fsp3) is 0.107. The predicted molar refractivity (Wildman–Crippen MR) is 138 cm³/mol. The Morgan fingerprint density at radius 2 is 1.39 bits per heavy atom. The van der Waals surface area contributed by atoms with E-state index in [4.69, 9.17) is 15.0 Å². The molecule has 0 saturated carbocycles. The summed E-state index contributed by atoms with van der Waals surface area (Å²) in [7, 11) is 0. The highest BCUT2D eigenvalue weighted by atomic mass is 15.2. The molecule has 5 nitrogen and oxygen atoms in total. The third kappa shape index (κ3) is 5.71. The number of aromatic nitrogens is 3. The number of nitrogens with zero attached hydrogens (tertiary/aromatic N) is 3.